The molecule has 0 aliphatic heterocycles. The van der Waals surface area contributed by atoms with Crippen LogP contribution in [0.25, 0.3) is 0 Å². The normalized spacial score (nSPS) is 11.6. The summed E-state index contributed by atoms with van der Waals surface area (Å²) in [5.41, 5.74) is 3.21. The second kappa shape index (κ2) is 24.6. The van der Waals surface area contributed by atoms with E-state index < -0.39 is 15.2 Å². The SMILES string of the molecule is F[B-](F)(F)F.N#Cc1ccc(C(c2ccc(C#N)cc2)n2cncn2)cc1.[CH]1[CH][CH][CH][CH][CH]1.[Cl-].[Ru+2].c1ccc(P(c2ccccc2)c2ccccc2)cc1. The molecule has 6 radical (unpaired) electrons. The summed E-state index contributed by atoms with van der Waals surface area (Å²) in [7, 11) is -6.45. The fourth-order valence-corrected chi connectivity index (χ4v) is 7.20. The van der Waals surface area contributed by atoms with E-state index in [1.54, 1.807) is 35.3 Å². The molecule has 0 amide bonds. The molecule has 5 nitrogen and oxygen atoms in total. The van der Waals surface area contributed by atoms with Crippen LogP contribution in [0.4, 0.5) is 17.3 Å². The first-order valence-electron chi connectivity index (χ1n) is 15.9. The van der Waals surface area contributed by atoms with Gasteiger partial charge >= 0.3 is 26.7 Å². The zero-order valence-electron chi connectivity index (χ0n) is 28.5. The zero-order valence-corrected chi connectivity index (χ0v) is 31.9. The van der Waals surface area contributed by atoms with E-state index >= 15 is 0 Å². The van der Waals surface area contributed by atoms with Crippen LogP contribution in [0.15, 0.2) is 152 Å². The molecule has 1 aliphatic rings. The van der Waals surface area contributed by atoms with Gasteiger partial charge in [0, 0.05) is 0 Å². The van der Waals surface area contributed by atoms with Crippen molar-refractivity contribution < 1.29 is 49.1 Å². The standard InChI is InChI=1S/C18H15P.C17H11N5.C6H6.BF4.ClH.Ru/c1-4-10-16(11-5-1)19(17-12-6-2-7-13-17)18-14-8-3-9-15-18;18-9-13-1-5-15(6-2-13)17(22-12-20-11-21-22)16-7-3-14(10-19)4-8-16;1-2-4-6-5-3-1;2-1(3,4)5;;/h1-15H;1-8,11-12,17H;1-6H;;1H;/q;;;-1;;+2/p-1. The minimum Gasteiger partial charge on any atom is -1.00 e. The van der Waals surface area contributed by atoms with Crippen molar-refractivity contribution in [1.82, 2.24) is 14.8 Å². The molecular weight excluding hydrogens is 817 g/mol. The Hall–Kier alpha value is -4.65. The smallest absolute Gasteiger partial charge is 1.00 e. The zero-order chi connectivity index (χ0) is 37.0. The Kier molecular flexibility index (Phi) is 20.7. The molecule has 0 unspecified atom stereocenters. The van der Waals surface area contributed by atoms with Crippen LogP contribution < -0.4 is 28.3 Å². The largest absolute Gasteiger partial charge is 2.00 e. The molecule has 7 rings (SSSR count). The Labute approximate surface area is 335 Å². The van der Waals surface area contributed by atoms with Crippen LogP contribution in [0.5, 0.6) is 0 Å². The van der Waals surface area contributed by atoms with E-state index in [-0.39, 0.29) is 37.9 Å². The summed E-state index contributed by atoms with van der Waals surface area (Å²) >= 11 is 0. The Bertz CT molecular complexity index is 1790. The van der Waals surface area contributed by atoms with Gasteiger partial charge in [-0.2, -0.15) is 15.6 Å². The van der Waals surface area contributed by atoms with Gasteiger partial charge in [-0.15, -0.1) is 0 Å². The molecule has 1 fully saturated rings. The van der Waals surface area contributed by atoms with E-state index in [2.05, 4.69) is 113 Å². The number of aromatic nitrogens is 3. The second-order valence-electron chi connectivity index (χ2n) is 10.7. The third kappa shape index (κ3) is 15.8. The maximum absolute atomic E-state index is 9.75. The van der Waals surface area contributed by atoms with Gasteiger partial charge in [-0.25, -0.2) is 9.67 Å². The fourth-order valence-electron chi connectivity index (χ4n) is 4.89. The van der Waals surface area contributed by atoms with Crippen LogP contribution in [0, 0.1) is 61.2 Å². The molecule has 54 heavy (non-hydrogen) atoms. The van der Waals surface area contributed by atoms with E-state index in [0.717, 1.165) is 11.1 Å². The van der Waals surface area contributed by atoms with E-state index in [0.29, 0.717) is 11.1 Å². The van der Waals surface area contributed by atoms with Gasteiger partial charge in [-0.3, -0.25) is 0 Å². The maximum Gasteiger partial charge on any atom is 2.00 e. The third-order valence-electron chi connectivity index (χ3n) is 7.12. The van der Waals surface area contributed by atoms with Crippen LogP contribution in [0.1, 0.15) is 28.3 Å². The number of nitriles is 2. The number of hydrogen-bond acceptors (Lipinski definition) is 4. The summed E-state index contributed by atoms with van der Waals surface area (Å²) in [4.78, 5) is 4.01. The summed E-state index contributed by atoms with van der Waals surface area (Å²) in [5, 5.41) is 26.3. The first-order valence-corrected chi connectivity index (χ1v) is 17.3. The van der Waals surface area contributed by atoms with Crippen molar-refractivity contribution in [2.24, 2.45) is 0 Å². The Morgan fingerprint density at radius 3 is 1.11 bits per heavy atom. The van der Waals surface area contributed by atoms with Crippen molar-refractivity contribution in [3.8, 4) is 12.1 Å². The molecule has 13 heteroatoms. The van der Waals surface area contributed by atoms with Crippen molar-refractivity contribution in [3.05, 3.63) is 213 Å². The maximum atomic E-state index is 9.75. The van der Waals surface area contributed by atoms with Gasteiger partial charge in [0.05, 0.1) is 23.3 Å². The van der Waals surface area contributed by atoms with Crippen molar-refractivity contribution >= 4 is 31.1 Å². The molecule has 1 aliphatic carbocycles. The van der Waals surface area contributed by atoms with Crippen LogP contribution >= 0.6 is 7.92 Å². The van der Waals surface area contributed by atoms with Gasteiger partial charge in [-0.1, -0.05) is 115 Å². The molecule has 0 saturated heterocycles. The van der Waals surface area contributed by atoms with Crippen molar-refractivity contribution in [2.45, 2.75) is 6.04 Å². The van der Waals surface area contributed by atoms with Crippen LogP contribution in [0.3, 0.4) is 0 Å². The Morgan fingerprint density at radius 1 is 0.537 bits per heavy atom. The molecule has 5 aromatic carbocycles. The summed E-state index contributed by atoms with van der Waals surface area (Å²) in [6.07, 6.45) is 15.1. The van der Waals surface area contributed by atoms with Crippen LogP contribution in [-0.2, 0) is 19.5 Å². The van der Waals surface area contributed by atoms with E-state index in [1.807, 2.05) is 62.8 Å². The molecular formula is C41H32BClF4N5PRu. The van der Waals surface area contributed by atoms with Gasteiger partial charge < -0.3 is 29.7 Å². The molecule has 0 bridgehead atoms. The molecule has 0 spiro atoms. The summed E-state index contributed by atoms with van der Waals surface area (Å²) in [5.74, 6) is 0. The van der Waals surface area contributed by atoms with Gasteiger partial charge in [0.15, 0.2) is 0 Å². The summed E-state index contributed by atoms with van der Waals surface area (Å²) in [6, 6.07) is 51.1. The predicted molar refractivity (Wildman–Crippen MR) is 201 cm³/mol. The van der Waals surface area contributed by atoms with E-state index in [9.17, 15) is 17.3 Å². The number of rotatable bonds is 6. The van der Waals surface area contributed by atoms with Crippen LogP contribution in [-0.4, -0.2) is 22.0 Å². The average Bonchev–Trinajstić information content (AvgIpc) is 3.72. The predicted octanol–water partition coefficient (Wildman–Crippen LogP) is 5.63. The molecule has 1 heterocycles. The Morgan fingerprint density at radius 2 is 0.852 bits per heavy atom. The van der Waals surface area contributed by atoms with Gasteiger partial charge in [0.25, 0.3) is 0 Å². The molecule has 0 atom stereocenters. The van der Waals surface area contributed by atoms with Crippen molar-refractivity contribution in [1.29, 1.82) is 10.5 Å². The van der Waals surface area contributed by atoms with Crippen molar-refractivity contribution in [2.75, 3.05) is 0 Å². The van der Waals surface area contributed by atoms with E-state index in [4.69, 9.17) is 10.5 Å². The third-order valence-corrected chi connectivity index (χ3v) is 9.57. The quantitative estimate of drug-likeness (QED) is 0.124. The number of benzene rings is 5. The summed E-state index contributed by atoms with van der Waals surface area (Å²) in [6.45, 7) is 0. The van der Waals surface area contributed by atoms with Crippen molar-refractivity contribution in [3.63, 3.8) is 0 Å². The minimum atomic E-state index is -6.00. The number of halogens is 5. The van der Waals surface area contributed by atoms with E-state index in [1.165, 1.54) is 22.2 Å². The molecule has 1 aromatic heterocycles. The topological polar surface area (TPSA) is 78.3 Å². The molecule has 1 saturated carbocycles. The average molecular weight is 849 g/mol. The second-order valence-corrected chi connectivity index (χ2v) is 13.0. The monoisotopic (exact) mass is 849 g/mol. The van der Waals surface area contributed by atoms with Gasteiger partial charge in [-0.05, 0) is 97.8 Å². The fraction of sp³-hybridized carbons (Fsp3) is 0.0244. The van der Waals surface area contributed by atoms with Gasteiger partial charge in [0.1, 0.15) is 18.7 Å². The number of hydrogen-bond donors (Lipinski definition) is 0. The Balaban J connectivity index is 0.000000285. The first-order chi connectivity index (χ1) is 25.3. The molecule has 272 valence electrons. The number of nitrogens with zero attached hydrogens (tertiary/aromatic N) is 5. The van der Waals surface area contributed by atoms with Crippen LogP contribution in [0.2, 0.25) is 0 Å². The summed E-state index contributed by atoms with van der Waals surface area (Å²) < 4.78 is 40.8. The minimum absolute atomic E-state index is 0. The molecule has 0 N–H and O–H groups in total. The first kappa shape index (κ1) is 45.5. The molecule has 6 aromatic rings. The van der Waals surface area contributed by atoms with Gasteiger partial charge in [0.2, 0.25) is 0 Å².